The van der Waals surface area contributed by atoms with Gasteiger partial charge in [0.15, 0.2) is 5.96 Å². The van der Waals surface area contributed by atoms with Gasteiger partial charge >= 0.3 is 5.97 Å². The van der Waals surface area contributed by atoms with E-state index in [2.05, 4.69) is 5.32 Å². The Labute approximate surface area is 94.1 Å². The molecule has 16 heavy (non-hydrogen) atoms. The van der Waals surface area contributed by atoms with E-state index >= 15 is 0 Å². The average Bonchev–Trinajstić information content (AvgIpc) is 2.12. The molecule has 7 nitrogen and oxygen atoms in total. The highest BCUT2D eigenvalue weighted by Gasteiger charge is 2.23. The lowest BCUT2D eigenvalue weighted by molar-refractivity contribution is -0.143. The molecule has 0 heterocycles. The maximum Gasteiger partial charge on any atom is 0.326 e. The van der Waals surface area contributed by atoms with Crippen molar-refractivity contribution in [3.8, 4) is 0 Å². The predicted molar refractivity (Wildman–Crippen MR) is 58.9 cm³/mol. The first kappa shape index (κ1) is 14.2. The second-order valence-corrected chi connectivity index (χ2v) is 3.87. The van der Waals surface area contributed by atoms with E-state index in [1.54, 1.807) is 13.8 Å². The minimum absolute atomic E-state index is 0.133. The maximum atomic E-state index is 11.4. The Morgan fingerprint density at radius 1 is 1.50 bits per heavy atom. The molecule has 0 fully saturated rings. The summed E-state index contributed by atoms with van der Waals surface area (Å²) in [7, 11) is 1.48. The summed E-state index contributed by atoms with van der Waals surface area (Å²) in [6.45, 7) is 3.27. The summed E-state index contributed by atoms with van der Waals surface area (Å²) >= 11 is 0. The molecule has 0 unspecified atom stereocenters. The topological polar surface area (TPSA) is 120 Å². The lowest BCUT2D eigenvalue weighted by atomic mass is 10.1. The number of likely N-dealkylation sites (N-methyl/N-ethyl adjacent to an activating group) is 1. The first-order valence-electron chi connectivity index (χ1n) is 4.83. The van der Waals surface area contributed by atoms with Gasteiger partial charge in [-0.25, -0.2) is 4.79 Å². The van der Waals surface area contributed by atoms with Crippen LogP contribution < -0.4 is 11.1 Å². The number of rotatable bonds is 5. The minimum atomic E-state index is -1.08. The molecule has 0 bridgehead atoms. The smallest absolute Gasteiger partial charge is 0.326 e. The summed E-state index contributed by atoms with van der Waals surface area (Å²) in [5.41, 5.74) is 5.15. The van der Waals surface area contributed by atoms with E-state index in [4.69, 9.17) is 16.2 Å². The molecule has 0 saturated carbocycles. The number of carbonyl (C=O) groups is 2. The van der Waals surface area contributed by atoms with Crippen molar-refractivity contribution >= 4 is 17.8 Å². The molecule has 0 aliphatic rings. The lowest BCUT2D eigenvalue weighted by Crippen LogP contribution is -2.49. The van der Waals surface area contributed by atoms with Gasteiger partial charge in [-0.2, -0.15) is 0 Å². The van der Waals surface area contributed by atoms with Crippen molar-refractivity contribution in [1.82, 2.24) is 10.2 Å². The molecular formula is C9H18N4O3. The third kappa shape index (κ3) is 4.63. The fourth-order valence-corrected chi connectivity index (χ4v) is 1.03. The largest absolute Gasteiger partial charge is 0.480 e. The van der Waals surface area contributed by atoms with Gasteiger partial charge in [0.2, 0.25) is 5.91 Å². The molecule has 1 atom stereocenters. The van der Waals surface area contributed by atoms with Crippen LogP contribution in [0.15, 0.2) is 0 Å². The first-order valence-corrected chi connectivity index (χ1v) is 4.83. The van der Waals surface area contributed by atoms with Crippen molar-refractivity contribution in [3.63, 3.8) is 0 Å². The number of nitrogens with zero attached hydrogens (tertiary/aromatic N) is 1. The Morgan fingerprint density at radius 2 is 2.00 bits per heavy atom. The van der Waals surface area contributed by atoms with Crippen molar-refractivity contribution < 1.29 is 14.7 Å². The van der Waals surface area contributed by atoms with Gasteiger partial charge in [-0.1, -0.05) is 13.8 Å². The lowest BCUT2D eigenvalue weighted by Gasteiger charge is -2.21. The summed E-state index contributed by atoms with van der Waals surface area (Å²) in [4.78, 5) is 23.4. The van der Waals surface area contributed by atoms with E-state index in [-0.39, 0.29) is 18.4 Å². The zero-order chi connectivity index (χ0) is 12.9. The van der Waals surface area contributed by atoms with Crippen LogP contribution in [0.1, 0.15) is 13.8 Å². The average molecular weight is 230 g/mol. The number of hydrogen-bond donors (Lipinski definition) is 4. The number of guanidine groups is 1. The van der Waals surface area contributed by atoms with Crippen LogP contribution in [-0.2, 0) is 9.59 Å². The molecule has 1 amide bonds. The molecule has 0 saturated heterocycles. The summed E-state index contributed by atoms with van der Waals surface area (Å²) < 4.78 is 0. The number of carboxylic acid groups (broad SMARTS) is 1. The van der Waals surface area contributed by atoms with Crippen LogP contribution in [-0.4, -0.2) is 47.5 Å². The molecule has 0 radical (unpaired) electrons. The number of aliphatic carboxylic acids is 1. The van der Waals surface area contributed by atoms with Crippen molar-refractivity contribution in [1.29, 1.82) is 5.41 Å². The van der Waals surface area contributed by atoms with E-state index in [0.29, 0.717) is 0 Å². The van der Waals surface area contributed by atoms with E-state index in [0.717, 1.165) is 0 Å². The molecule has 0 aromatic heterocycles. The third-order valence-electron chi connectivity index (χ3n) is 2.04. The number of amides is 1. The van der Waals surface area contributed by atoms with Crippen LogP contribution in [0.3, 0.4) is 0 Å². The van der Waals surface area contributed by atoms with Crippen LogP contribution in [0.4, 0.5) is 0 Å². The van der Waals surface area contributed by atoms with Gasteiger partial charge < -0.3 is 21.1 Å². The van der Waals surface area contributed by atoms with Gasteiger partial charge in [0.1, 0.15) is 6.04 Å². The standard InChI is InChI=1S/C9H18N4O3/c1-5(2)7(8(15)16)12-6(14)4-13(3)9(10)11/h5,7H,4H2,1-3H3,(H3,10,11)(H,12,14)(H,15,16)/t7-/m0/s1. The van der Waals surface area contributed by atoms with E-state index < -0.39 is 17.9 Å². The van der Waals surface area contributed by atoms with Crippen LogP contribution in [0, 0.1) is 11.3 Å². The fraction of sp³-hybridized carbons (Fsp3) is 0.667. The highest BCUT2D eigenvalue weighted by molar-refractivity contribution is 5.87. The monoisotopic (exact) mass is 230 g/mol. The fourth-order valence-electron chi connectivity index (χ4n) is 1.03. The minimum Gasteiger partial charge on any atom is -0.480 e. The van der Waals surface area contributed by atoms with E-state index in [9.17, 15) is 9.59 Å². The summed E-state index contributed by atoms with van der Waals surface area (Å²) in [5, 5.41) is 18.3. The Balaban J connectivity index is 4.31. The van der Waals surface area contributed by atoms with Gasteiger partial charge in [-0.15, -0.1) is 0 Å². The summed E-state index contributed by atoms with van der Waals surface area (Å²) in [6, 6.07) is -0.923. The molecular weight excluding hydrogens is 212 g/mol. The highest BCUT2D eigenvalue weighted by Crippen LogP contribution is 2.01. The van der Waals surface area contributed by atoms with Crippen molar-refractivity contribution in [2.75, 3.05) is 13.6 Å². The molecule has 92 valence electrons. The van der Waals surface area contributed by atoms with Gasteiger partial charge in [0.05, 0.1) is 6.54 Å². The molecule has 0 aliphatic carbocycles. The van der Waals surface area contributed by atoms with Gasteiger partial charge in [-0.05, 0) is 5.92 Å². The van der Waals surface area contributed by atoms with Gasteiger partial charge in [0.25, 0.3) is 0 Å². The Morgan fingerprint density at radius 3 is 2.31 bits per heavy atom. The zero-order valence-electron chi connectivity index (χ0n) is 9.65. The van der Waals surface area contributed by atoms with E-state index in [1.807, 2.05) is 0 Å². The number of nitrogens with two attached hydrogens (primary N) is 1. The Hall–Kier alpha value is -1.79. The molecule has 5 N–H and O–H groups in total. The zero-order valence-corrected chi connectivity index (χ0v) is 9.65. The molecule has 0 spiro atoms. The molecule has 0 aromatic rings. The molecule has 7 heteroatoms. The van der Waals surface area contributed by atoms with E-state index in [1.165, 1.54) is 11.9 Å². The van der Waals surface area contributed by atoms with Gasteiger partial charge in [-0.3, -0.25) is 10.2 Å². The molecule has 0 aliphatic heterocycles. The normalized spacial score (nSPS) is 12.0. The third-order valence-corrected chi connectivity index (χ3v) is 2.04. The Bertz CT molecular complexity index is 290. The maximum absolute atomic E-state index is 11.4. The van der Waals surface area contributed by atoms with Gasteiger partial charge in [0, 0.05) is 7.05 Å². The molecule has 0 aromatic carbocycles. The summed E-state index contributed by atoms with van der Waals surface area (Å²) in [5.74, 6) is -2.00. The number of hydrogen-bond acceptors (Lipinski definition) is 3. The quantitative estimate of drug-likeness (QED) is 0.358. The Kier molecular flexibility index (Phi) is 5.27. The number of carbonyl (C=O) groups excluding carboxylic acids is 1. The van der Waals surface area contributed by atoms with Crippen LogP contribution in [0.5, 0.6) is 0 Å². The van der Waals surface area contributed by atoms with Crippen molar-refractivity contribution in [2.24, 2.45) is 11.7 Å². The highest BCUT2D eigenvalue weighted by atomic mass is 16.4. The van der Waals surface area contributed by atoms with Crippen LogP contribution >= 0.6 is 0 Å². The summed E-state index contributed by atoms with van der Waals surface area (Å²) in [6.07, 6.45) is 0. The first-order chi connectivity index (χ1) is 7.25. The number of nitrogens with one attached hydrogen (secondary N) is 2. The van der Waals surface area contributed by atoms with Crippen molar-refractivity contribution in [3.05, 3.63) is 0 Å². The van der Waals surface area contributed by atoms with Crippen LogP contribution in [0.2, 0.25) is 0 Å². The second-order valence-electron chi connectivity index (χ2n) is 3.87. The SMILES string of the molecule is CC(C)[C@H](NC(=O)CN(C)C(=N)N)C(=O)O. The predicted octanol–water partition coefficient (Wildman–Crippen LogP) is -0.963. The molecule has 0 rings (SSSR count). The van der Waals surface area contributed by atoms with Crippen LogP contribution in [0.25, 0.3) is 0 Å². The number of carboxylic acids is 1. The van der Waals surface area contributed by atoms with Crippen molar-refractivity contribution in [2.45, 2.75) is 19.9 Å². The second kappa shape index (κ2) is 5.94.